The largest absolute Gasteiger partial charge is 0.496 e. The Labute approximate surface area is 207 Å². The van der Waals surface area contributed by atoms with Crippen molar-refractivity contribution in [3.05, 3.63) is 53.2 Å². The van der Waals surface area contributed by atoms with Gasteiger partial charge in [-0.3, -0.25) is 9.59 Å². The molecule has 2 rings (SSSR count). The van der Waals surface area contributed by atoms with Crippen molar-refractivity contribution in [2.75, 3.05) is 54.6 Å². The number of benzene rings is 2. The minimum atomic E-state index is -0.510. The summed E-state index contributed by atoms with van der Waals surface area (Å²) in [6.07, 6.45) is 1.58. The molecule has 2 amide bonds. The van der Waals surface area contributed by atoms with Crippen LogP contribution in [0.3, 0.4) is 0 Å². The lowest BCUT2D eigenvalue weighted by atomic mass is 10.1. The summed E-state index contributed by atoms with van der Waals surface area (Å²) in [5.41, 5.74) is 0.961. The number of carbonyl (C=O) groups excluding carboxylic acids is 2. The molecule has 0 spiro atoms. The molecule has 2 aromatic rings. The van der Waals surface area contributed by atoms with Gasteiger partial charge >= 0.3 is 0 Å². The molecule has 9 nitrogen and oxygen atoms in total. The predicted octanol–water partition coefficient (Wildman–Crippen LogP) is 2.95. The molecule has 0 aliphatic rings. The van der Waals surface area contributed by atoms with E-state index in [9.17, 15) is 9.59 Å². The number of para-hydroxylation sites is 1. The van der Waals surface area contributed by atoms with E-state index in [0.29, 0.717) is 41.7 Å². The first-order chi connectivity index (χ1) is 16.9. The normalized spacial score (nSPS) is 11.1. The number of likely N-dealkylation sites (N-methyl/N-ethyl adjacent to an activating group) is 1. The predicted molar refractivity (Wildman–Crippen MR) is 135 cm³/mol. The molecule has 0 bridgehead atoms. The molecule has 0 atom stereocenters. The zero-order chi connectivity index (χ0) is 25.8. The third kappa shape index (κ3) is 7.38. The first-order valence-corrected chi connectivity index (χ1v) is 11.4. The van der Waals surface area contributed by atoms with Gasteiger partial charge in [0.05, 0.1) is 28.4 Å². The Balaban J connectivity index is 2.37. The van der Waals surface area contributed by atoms with E-state index in [0.717, 1.165) is 13.1 Å². The van der Waals surface area contributed by atoms with Crippen molar-refractivity contribution in [3.8, 4) is 23.0 Å². The van der Waals surface area contributed by atoms with Crippen LogP contribution in [0.1, 0.15) is 29.8 Å². The zero-order valence-electron chi connectivity index (χ0n) is 21.3. The second-order valence-corrected chi connectivity index (χ2v) is 7.45. The van der Waals surface area contributed by atoms with Gasteiger partial charge in [0.15, 0.2) is 11.5 Å². The molecule has 0 aliphatic heterocycles. The van der Waals surface area contributed by atoms with Gasteiger partial charge in [0, 0.05) is 24.2 Å². The number of rotatable bonds is 13. The summed E-state index contributed by atoms with van der Waals surface area (Å²) < 4.78 is 21.4. The minimum absolute atomic E-state index is 0.0767. The van der Waals surface area contributed by atoms with Crippen LogP contribution < -0.4 is 29.6 Å². The van der Waals surface area contributed by atoms with Crippen LogP contribution >= 0.6 is 0 Å². The standard InChI is InChI=1S/C26H35N3O6/c1-7-29(8-2)14-13-27-26(31)20(15-18-11-9-10-12-21(18)32-3)28-25(30)19-16-22(33-4)24(35-6)23(17-19)34-5/h9-12,15-17H,7-8,13-14H2,1-6H3,(H,27,31)(H,28,30)/b20-15+. The van der Waals surface area contributed by atoms with Gasteiger partial charge in [-0.15, -0.1) is 0 Å². The maximum absolute atomic E-state index is 13.2. The van der Waals surface area contributed by atoms with Crippen molar-refractivity contribution in [2.45, 2.75) is 13.8 Å². The van der Waals surface area contributed by atoms with Gasteiger partial charge in [-0.25, -0.2) is 0 Å². The molecule has 9 heteroatoms. The molecular weight excluding hydrogens is 450 g/mol. The van der Waals surface area contributed by atoms with Crippen molar-refractivity contribution >= 4 is 17.9 Å². The molecule has 0 saturated carbocycles. The van der Waals surface area contributed by atoms with Crippen molar-refractivity contribution < 1.29 is 28.5 Å². The molecule has 0 fully saturated rings. The number of hydrogen-bond donors (Lipinski definition) is 2. The van der Waals surface area contributed by atoms with Crippen LogP contribution in [-0.2, 0) is 4.79 Å². The fourth-order valence-corrected chi connectivity index (χ4v) is 3.47. The highest BCUT2D eigenvalue weighted by atomic mass is 16.5. The maximum atomic E-state index is 13.2. The highest BCUT2D eigenvalue weighted by Gasteiger charge is 2.20. The Morgan fingerprint density at radius 3 is 2.03 bits per heavy atom. The van der Waals surface area contributed by atoms with Gasteiger partial charge in [-0.05, 0) is 37.4 Å². The van der Waals surface area contributed by atoms with Gasteiger partial charge in [0.1, 0.15) is 11.4 Å². The highest BCUT2D eigenvalue weighted by molar-refractivity contribution is 6.05. The SMILES string of the molecule is CCN(CC)CCNC(=O)/C(=C\c1ccccc1OC)NC(=O)c1cc(OC)c(OC)c(OC)c1. The summed E-state index contributed by atoms with van der Waals surface area (Å²) in [5.74, 6) is 0.675. The van der Waals surface area contributed by atoms with Crippen LogP contribution in [0.2, 0.25) is 0 Å². The molecule has 2 aromatic carbocycles. The van der Waals surface area contributed by atoms with Gasteiger partial charge in [0.2, 0.25) is 5.75 Å². The molecule has 190 valence electrons. The molecule has 0 aromatic heterocycles. The Bertz CT molecular complexity index is 1010. The summed E-state index contributed by atoms with van der Waals surface area (Å²) >= 11 is 0. The number of amides is 2. The van der Waals surface area contributed by atoms with Gasteiger partial charge in [-0.2, -0.15) is 0 Å². The number of nitrogens with one attached hydrogen (secondary N) is 2. The van der Waals surface area contributed by atoms with E-state index in [-0.39, 0.29) is 11.3 Å². The van der Waals surface area contributed by atoms with Crippen molar-refractivity contribution in [1.82, 2.24) is 15.5 Å². The Morgan fingerprint density at radius 1 is 0.886 bits per heavy atom. The van der Waals surface area contributed by atoms with Crippen molar-refractivity contribution in [2.24, 2.45) is 0 Å². The molecular formula is C26H35N3O6. The van der Waals surface area contributed by atoms with Gasteiger partial charge < -0.3 is 34.5 Å². The summed E-state index contributed by atoms with van der Waals surface area (Å²) in [5, 5.41) is 5.61. The number of hydrogen-bond acceptors (Lipinski definition) is 7. The van der Waals surface area contributed by atoms with Crippen LogP contribution in [0.5, 0.6) is 23.0 Å². The van der Waals surface area contributed by atoms with E-state index in [1.54, 1.807) is 25.3 Å². The fraction of sp³-hybridized carbons (Fsp3) is 0.385. The molecule has 35 heavy (non-hydrogen) atoms. The Morgan fingerprint density at radius 2 is 1.49 bits per heavy atom. The smallest absolute Gasteiger partial charge is 0.267 e. The lowest BCUT2D eigenvalue weighted by Gasteiger charge is -2.19. The average Bonchev–Trinajstić information content (AvgIpc) is 2.89. The second-order valence-electron chi connectivity index (χ2n) is 7.45. The summed E-state index contributed by atoms with van der Waals surface area (Å²) in [6, 6.07) is 10.3. The zero-order valence-corrected chi connectivity index (χ0v) is 21.3. The molecule has 0 unspecified atom stereocenters. The maximum Gasteiger partial charge on any atom is 0.267 e. The van der Waals surface area contributed by atoms with E-state index in [2.05, 4.69) is 29.4 Å². The number of carbonyl (C=O) groups is 2. The third-order valence-electron chi connectivity index (χ3n) is 5.47. The third-order valence-corrected chi connectivity index (χ3v) is 5.47. The highest BCUT2D eigenvalue weighted by Crippen LogP contribution is 2.38. The molecule has 0 heterocycles. The fourth-order valence-electron chi connectivity index (χ4n) is 3.47. The Hall–Kier alpha value is -3.72. The van der Waals surface area contributed by atoms with Crippen molar-refractivity contribution in [1.29, 1.82) is 0 Å². The van der Waals surface area contributed by atoms with Crippen LogP contribution in [0.4, 0.5) is 0 Å². The van der Waals surface area contributed by atoms with E-state index in [4.69, 9.17) is 18.9 Å². The van der Waals surface area contributed by atoms with Crippen LogP contribution in [0, 0.1) is 0 Å². The van der Waals surface area contributed by atoms with E-state index in [1.165, 1.54) is 33.5 Å². The molecule has 0 radical (unpaired) electrons. The van der Waals surface area contributed by atoms with E-state index >= 15 is 0 Å². The van der Waals surface area contributed by atoms with Crippen molar-refractivity contribution in [3.63, 3.8) is 0 Å². The minimum Gasteiger partial charge on any atom is -0.496 e. The lowest BCUT2D eigenvalue weighted by Crippen LogP contribution is -2.39. The average molecular weight is 486 g/mol. The second kappa shape index (κ2) is 13.9. The van der Waals surface area contributed by atoms with Crippen LogP contribution in [-0.4, -0.2) is 71.3 Å². The quantitative estimate of drug-likeness (QED) is 0.421. The number of methoxy groups -OCH3 is 4. The first-order valence-electron chi connectivity index (χ1n) is 11.4. The summed E-state index contributed by atoms with van der Waals surface area (Å²) in [6.45, 7) is 7.03. The number of ether oxygens (including phenoxy) is 4. The van der Waals surface area contributed by atoms with E-state index in [1.807, 2.05) is 12.1 Å². The topological polar surface area (TPSA) is 98.4 Å². The molecule has 2 N–H and O–H groups in total. The van der Waals surface area contributed by atoms with Gasteiger partial charge in [-0.1, -0.05) is 32.0 Å². The van der Waals surface area contributed by atoms with E-state index < -0.39 is 11.8 Å². The van der Waals surface area contributed by atoms with Gasteiger partial charge in [0.25, 0.3) is 11.8 Å². The monoisotopic (exact) mass is 485 g/mol. The first kappa shape index (κ1) is 27.5. The summed E-state index contributed by atoms with van der Waals surface area (Å²) in [7, 11) is 5.96. The Kier molecular flexibility index (Phi) is 10.9. The lowest BCUT2D eigenvalue weighted by molar-refractivity contribution is -0.117. The molecule has 0 aliphatic carbocycles. The molecule has 0 saturated heterocycles. The van der Waals surface area contributed by atoms with Crippen LogP contribution in [0.25, 0.3) is 6.08 Å². The van der Waals surface area contributed by atoms with Crippen LogP contribution in [0.15, 0.2) is 42.1 Å². The number of nitrogens with zero attached hydrogens (tertiary/aromatic N) is 1. The summed E-state index contributed by atoms with van der Waals surface area (Å²) in [4.78, 5) is 28.5.